The molecule has 0 saturated carbocycles. The quantitative estimate of drug-likeness (QED) is 0.918. The SMILES string of the molecule is Cc1ccc2c(c1)CC(CN1CC(C(=O)O)CCC1=O)O2. The van der Waals surface area contributed by atoms with E-state index in [-0.39, 0.29) is 12.0 Å². The molecule has 0 bridgehead atoms. The molecule has 1 amide bonds. The summed E-state index contributed by atoms with van der Waals surface area (Å²) in [5, 5.41) is 9.11. The largest absolute Gasteiger partial charge is 0.488 e. The molecule has 5 nitrogen and oxygen atoms in total. The minimum Gasteiger partial charge on any atom is -0.488 e. The third-order valence-corrected chi connectivity index (χ3v) is 4.23. The monoisotopic (exact) mass is 289 g/mol. The van der Waals surface area contributed by atoms with Crippen LogP contribution in [0.3, 0.4) is 0 Å². The van der Waals surface area contributed by atoms with Gasteiger partial charge in [0.25, 0.3) is 0 Å². The zero-order valence-electron chi connectivity index (χ0n) is 12.0. The smallest absolute Gasteiger partial charge is 0.308 e. The third kappa shape index (κ3) is 2.86. The van der Waals surface area contributed by atoms with Crippen LogP contribution in [0.4, 0.5) is 0 Å². The summed E-state index contributed by atoms with van der Waals surface area (Å²) >= 11 is 0. The second kappa shape index (κ2) is 5.39. The van der Waals surface area contributed by atoms with Crippen LogP contribution < -0.4 is 4.74 Å². The van der Waals surface area contributed by atoms with Crippen LogP contribution in [0.5, 0.6) is 5.75 Å². The summed E-state index contributed by atoms with van der Waals surface area (Å²) in [6.45, 7) is 2.80. The number of nitrogens with zero attached hydrogens (tertiary/aromatic N) is 1. The number of benzene rings is 1. The molecule has 2 unspecified atom stereocenters. The van der Waals surface area contributed by atoms with Crippen molar-refractivity contribution < 1.29 is 19.4 Å². The van der Waals surface area contributed by atoms with E-state index >= 15 is 0 Å². The second-order valence-electron chi connectivity index (χ2n) is 5.93. The fourth-order valence-electron chi connectivity index (χ4n) is 3.09. The van der Waals surface area contributed by atoms with E-state index in [0.29, 0.717) is 25.9 Å². The Labute approximate surface area is 123 Å². The molecule has 112 valence electrons. The predicted octanol–water partition coefficient (Wildman–Crippen LogP) is 1.62. The van der Waals surface area contributed by atoms with Gasteiger partial charge in [-0.2, -0.15) is 0 Å². The molecule has 2 aliphatic rings. The van der Waals surface area contributed by atoms with Gasteiger partial charge in [-0.3, -0.25) is 9.59 Å². The number of carboxylic acid groups (broad SMARTS) is 1. The maximum absolute atomic E-state index is 12.0. The lowest BCUT2D eigenvalue weighted by Gasteiger charge is -2.32. The highest BCUT2D eigenvalue weighted by molar-refractivity contribution is 5.80. The Bertz CT molecular complexity index is 584. The summed E-state index contributed by atoms with van der Waals surface area (Å²) in [5.74, 6) is -0.361. The lowest BCUT2D eigenvalue weighted by atomic mass is 9.97. The van der Waals surface area contributed by atoms with Crippen LogP contribution in [0.25, 0.3) is 0 Å². The molecule has 3 rings (SSSR count). The first-order valence-corrected chi connectivity index (χ1v) is 7.29. The molecule has 0 aliphatic carbocycles. The Hall–Kier alpha value is -2.04. The molecule has 0 radical (unpaired) electrons. The summed E-state index contributed by atoms with van der Waals surface area (Å²) in [6.07, 6.45) is 1.46. The number of aliphatic carboxylic acids is 1. The van der Waals surface area contributed by atoms with Gasteiger partial charge in [-0.1, -0.05) is 17.7 Å². The molecular formula is C16H19NO4. The van der Waals surface area contributed by atoms with E-state index in [1.807, 2.05) is 19.1 Å². The summed E-state index contributed by atoms with van der Waals surface area (Å²) in [4.78, 5) is 24.7. The van der Waals surface area contributed by atoms with E-state index in [0.717, 1.165) is 12.2 Å². The van der Waals surface area contributed by atoms with Crippen LogP contribution in [0.2, 0.25) is 0 Å². The Morgan fingerprint density at radius 1 is 1.48 bits per heavy atom. The number of aryl methyl sites for hydroxylation is 1. The van der Waals surface area contributed by atoms with Gasteiger partial charge in [0.05, 0.1) is 12.5 Å². The average Bonchev–Trinajstić information content (AvgIpc) is 2.82. The van der Waals surface area contributed by atoms with Crippen LogP contribution in [-0.2, 0) is 16.0 Å². The number of piperidine rings is 1. The number of amides is 1. The lowest BCUT2D eigenvalue weighted by Crippen LogP contribution is -2.46. The number of likely N-dealkylation sites (tertiary alicyclic amines) is 1. The normalized spacial score (nSPS) is 24.6. The van der Waals surface area contributed by atoms with Gasteiger partial charge >= 0.3 is 5.97 Å². The van der Waals surface area contributed by atoms with Crippen molar-refractivity contribution in [1.29, 1.82) is 0 Å². The molecule has 1 N–H and O–H groups in total. The Morgan fingerprint density at radius 3 is 3.05 bits per heavy atom. The summed E-state index contributed by atoms with van der Waals surface area (Å²) in [7, 11) is 0. The predicted molar refractivity (Wildman–Crippen MR) is 76.2 cm³/mol. The molecule has 1 aromatic carbocycles. The molecule has 2 atom stereocenters. The van der Waals surface area contributed by atoms with E-state index < -0.39 is 11.9 Å². The van der Waals surface area contributed by atoms with E-state index in [1.54, 1.807) is 4.90 Å². The number of carbonyl (C=O) groups excluding carboxylic acids is 1. The van der Waals surface area contributed by atoms with Gasteiger partial charge in [0.15, 0.2) is 0 Å². The van der Waals surface area contributed by atoms with Crippen molar-refractivity contribution >= 4 is 11.9 Å². The number of hydrogen-bond donors (Lipinski definition) is 1. The molecule has 2 heterocycles. The minimum absolute atomic E-state index is 0.0308. The van der Waals surface area contributed by atoms with Crippen LogP contribution in [0.1, 0.15) is 24.0 Å². The number of hydrogen-bond acceptors (Lipinski definition) is 3. The van der Waals surface area contributed by atoms with Gasteiger partial charge in [0.2, 0.25) is 5.91 Å². The Balaban J connectivity index is 1.65. The first kappa shape index (κ1) is 13.9. The second-order valence-corrected chi connectivity index (χ2v) is 5.93. The molecular weight excluding hydrogens is 270 g/mol. The van der Waals surface area contributed by atoms with Gasteiger partial charge < -0.3 is 14.7 Å². The highest BCUT2D eigenvalue weighted by atomic mass is 16.5. The van der Waals surface area contributed by atoms with Gasteiger partial charge in [-0.25, -0.2) is 0 Å². The maximum atomic E-state index is 12.0. The zero-order chi connectivity index (χ0) is 15.0. The average molecular weight is 289 g/mol. The van der Waals surface area contributed by atoms with Crippen molar-refractivity contribution in [2.24, 2.45) is 5.92 Å². The van der Waals surface area contributed by atoms with Crippen molar-refractivity contribution in [2.75, 3.05) is 13.1 Å². The number of rotatable bonds is 3. The molecule has 0 spiro atoms. The molecule has 1 saturated heterocycles. The van der Waals surface area contributed by atoms with Crippen LogP contribution in [-0.4, -0.2) is 41.1 Å². The molecule has 21 heavy (non-hydrogen) atoms. The number of ether oxygens (including phenoxy) is 1. The van der Waals surface area contributed by atoms with Crippen molar-refractivity contribution in [3.63, 3.8) is 0 Å². The Morgan fingerprint density at radius 2 is 2.29 bits per heavy atom. The zero-order valence-corrected chi connectivity index (χ0v) is 12.0. The van der Waals surface area contributed by atoms with Gasteiger partial charge in [-0.15, -0.1) is 0 Å². The lowest BCUT2D eigenvalue weighted by molar-refractivity contribution is -0.147. The van der Waals surface area contributed by atoms with Crippen molar-refractivity contribution in [2.45, 2.75) is 32.3 Å². The van der Waals surface area contributed by atoms with Crippen LogP contribution in [0.15, 0.2) is 18.2 Å². The van der Waals surface area contributed by atoms with Gasteiger partial charge in [-0.05, 0) is 25.0 Å². The minimum atomic E-state index is -0.821. The molecule has 1 fully saturated rings. The van der Waals surface area contributed by atoms with E-state index in [4.69, 9.17) is 9.84 Å². The van der Waals surface area contributed by atoms with E-state index in [2.05, 4.69) is 6.07 Å². The molecule has 2 aliphatic heterocycles. The van der Waals surface area contributed by atoms with Crippen LogP contribution >= 0.6 is 0 Å². The van der Waals surface area contributed by atoms with Crippen molar-refractivity contribution in [3.8, 4) is 5.75 Å². The summed E-state index contributed by atoms with van der Waals surface area (Å²) in [5.41, 5.74) is 2.36. The summed E-state index contributed by atoms with van der Waals surface area (Å²) in [6, 6.07) is 6.07. The standard InChI is InChI=1S/C16H19NO4/c1-10-2-4-14-12(6-10)7-13(21-14)9-17-8-11(16(19)20)3-5-15(17)18/h2,4,6,11,13H,3,5,7-9H2,1H3,(H,19,20). The van der Waals surface area contributed by atoms with Gasteiger partial charge in [0.1, 0.15) is 11.9 Å². The molecule has 1 aromatic rings. The maximum Gasteiger partial charge on any atom is 0.308 e. The van der Waals surface area contributed by atoms with Gasteiger partial charge in [0, 0.05) is 19.4 Å². The number of carbonyl (C=O) groups is 2. The highest BCUT2D eigenvalue weighted by Gasteiger charge is 2.33. The highest BCUT2D eigenvalue weighted by Crippen LogP contribution is 2.30. The molecule has 0 aromatic heterocycles. The van der Waals surface area contributed by atoms with E-state index in [9.17, 15) is 9.59 Å². The fourth-order valence-corrected chi connectivity index (χ4v) is 3.09. The summed E-state index contributed by atoms with van der Waals surface area (Å²) < 4.78 is 5.87. The molecule has 5 heteroatoms. The fraction of sp³-hybridized carbons (Fsp3) is 0.500. The topological polar surface area (TPSA) is 66.8 Å². The number of fused-ring (bicyclic) bond motifs is 1. The Kier molecular flexibility index (Phi) is 3.57. The van der Waals surface area contributed by atoms with Crippen molar-refractivity contribution in [3.05, 3.63) is 29.3 Å². The first-order valence-electron chi connectivity index (χ1n) is 7.29. The third-order valence-electron chi connectivity index (χ3n) is 4.23. The first-order chi connectivity index (χ1) is 10.0. The van der Waals surface area contributed by atoms with Crippen LogP contribution in [0, 0.1) is 12.8 Å². The van der Waals surface area contributed by atoms with E-state index in [1.165, 1.54) is 11.1 Å². The van der Waals surface area contributed by atoms with Crippen molar-refractivity contribution in [1.82, 2.24) is 4.90 Å². The number of carboxylic acids is 1.